The van der Waals surface area contributed by atoms with E-state index in [1.165, 1.54) is 0 Å². The highest BCUT2D eigenvalue weighted by Gasteiger charge is 2.32. The topological polar surface area (TPSA) is 80.2 Å². The molecule has 120 valence electrons. The van der Waals surface area contributed by atoms with Gasteiger partial charge in [-0.2, -0.15) is 0 Å². The van der Waals surface area contributed by atoms with Crippen LogP contribution in [0.3, 0.4) is 0 Å². The number of rotatable bonds is 5. The van der Waals surface area contributed by atoms with Crippen LogP contribution in [-0.2, 0) is 13.0 Å². The Morgan fingerprint density at radius 3 is 2.91 bits per heavy atom. The van der Waals surface area contributed by atoms with Crippen LogP contribution in [-0.4, -0.2) is 49.1 Å². The van der Waals surface area contributed by atoms with E-state index in [2.05, 4.69) is 38.7 Å². The van der Waals surface area contributed by atoms with Gasteiger partial charge in [0.05, 0.1) is 18.3 Å². The van der Waals surface area contributed by atoms with E-state index in [1.807, 2.05) is 13.0 Å². The highest BCUT2D eigenvalue weighted by molar-refractivity contribution is 5.05. The van der Waals surface area contributed by atoms with Crippen LogP contribution in [0.15, 0.2) is 16.9 Å². The molecule has 0 bridgehead atoms. The van der Waals surface area contributed by atoms with Crippen LogP contribution in [0.5, 0.6) is 0 Å². The monoisotopic (exact) mass is 305 g/mol. The molecule has 0 saturated carbocycles. The molecule has 1 aliphatic heterocycles. The van der Waals surface area contributed by atoms with Crippen molar-refractivity contribution in [2.24, 2.45) is 5.92 Å². The smallest absolute Gasteiger partial charge is 0.147 e. The van der Waals surface area contributed by atoms with Crippen LogP contribution < -0.4 is 0 Å². The van der Waals surface area contributed by atoms with Crippen LogP contribution in [0.25, 0.3) is 0 Å². The Kier molecular flexibility index (Phi) is 4.26. The van der Waals surface area contributed by atoms with Crippen LogP contribution in [0.1, 0.15) is 37.2 Å². The molecule has 2 aromatic rings. The molecule has 7 heteroatoms. The third kappa shape index (κ3) is 3.20. The summed E-state index contributed by atoms with van der Waals surface area (Å²) in [6.07, 6.45) is 2.14. The molecule has 1 aliphatic rings. The van der Waals surface area contributed by atoms with Gasteiger partial charge in [0.15, 0.2) is 0 Å². The number of hydrogen-bond donors (Lipinski definition) is 1. The Morgan fingerprint density at radius 2 is 2.23 bits per heavy atom. The average Bonchev–Trinajstić information content (AvgIpc) is 3.13. The van der Waals surface area contributed by atoms with Gasteiger partial charge >= 0.3 is 0 Å². The second-order valence-electron chi connectivity index (χ2n) is 6.41. The minimum atomic E-state index is -0.346. The number of hydrogen-bond acceptors (Lipinski definition) is 6. The van der Waals surface area contributed by atoms with Gasteiger partial charge in [0.1, 0.15) is 17.9 Å². The molecule has 0 unspecified atom stereocenters. The van der Waals surface area contributed by atoms with Crippen LogP contribution in [0, 0.1) is 12.8 Å². The Bertz CT molecular complexity index is 621. The third-order valence-electron chi connectivity index (χ3n) is 4.19. The molecule has 0 spiro atoms. The molecule has 0 aromatic carbocycles. The number of aliphatic hydroxyl groups excluding tert-OH is 1. The van der Waals surface area contributed by atoms with Crippen molar-refractivity contribution >= 4 is 0 Å². The summed E-state index contributed by atoms with van der Waals surface area (Å²) in [5.74, 6) is 1.95. The quantitative estimate of drug-likeness (QED) is 0.894. The summed E-state index contributed by atoms with van der Waals surface area (Å²) in [5, 5.41) is 22.4. The number of aryl methyl sites for hydroxylation is 1. The van der Waals surface area contributed by atoms with Crippen molar-refractivity contribution in [2.75, 3.05) is 13.1 Å². The molecule has 1 saturated heterocycles. The molecule has 2 atom stereocenters. The van der Waals surface area contributed by atoms with Crippen molar-refractivity contribution in [3.8, 4) is 0 Å². The Morgan fingerprint density at radius 1 is 1.41 bits per heavy atom. The molecular weight excluding hydrogens is 282 g/mol. The van der Waals surface area contributed by atoms with Crippen molar-refractivity contribution in [2.45, 2.75) is 45.9 Å². The predicted octanol–water partition coefficient (Wildman–Crippen LogP) is 1.19. The molecule has 0 aliphatic carbocycles. The van der Waals surface area contributed by atoms with E-state index in [0.717, 1.165) is 30.2 Å². The number of likely N-dealkylation sites (tertiary alicyclic amines) is 1. The van der Waals surface area contributed by atoms with Gasteiger partial charge in [-0.25, -0.2) is 0 Å². The standard InChI is InChI=1S/C15H23N5O2/c1-10(2)20-9-16-17-15(20)8-19-6-12(14(21)7-19)5-13-4-11(3)18-22-13/h4,9-10,12,14,21H,5-8H2,1-3H3/t12-,14+/m1/s1. The molecule has 1 N–H and O–H groups in total. The first-order chi connectivity index (χ1) is 10.5. The molecular formula is C15H23N5O2. The minimum absolute atomic E-state index is 0.169. The van der Waals surface area contributed by atoms with Crippen molar-refractivity contribution in [3.63, 3.8) is 0 Å². The lowest BCUT2D eigenvalue weighted by molar-refractivity contribution is 0.137. The zero-order valence-corrected chi connectivity index (χ0v) is 13.3. The molecule has 2 aromatic heterocycles. The fraction of sp³-hybridized carbons (Fsp3) is 0.667. The number of β-amino-alcohol motifs (C(OH)–C–C–N with tert-alkyl or cyclic N) is 1. The highest BCUT2D eigenvalue weighted by Crippen LogP contribution is 2.23. The van der Waals surface area contributed by atoms with Gasteiger partial charge in [-0.1, -0.05) is 5.16 Å². The van der Waals surface area contributed by atoms with Gasteiger partial charge in [0, 0.05) is 37.5 Å². The lowest BCUT2D eigenvalue weighted by Gasteiger charge is -2.17. The van der Waals surface area contributed by atoms with Crippen molar-refractivity contribution < 1.29 is 9.63 Å². The summed E-state index contributed by atoms with van der Waals surface area (Å²) < 4.78 is 7.33. The normalized spacial score (nSPS) is 22.8. The van der Waals surface area contributed by atoms with E-state index in [1.54, 1.807) is 6.33 Å². The van der Waals surface area contributed by atoms with Crippen molar-refractivity contribution in [1.82, 2.24) is 24.8 Å². The number of aliphatic hydroxyl groups is 1. The maximum Gasteiger partial charge on any atom is 0.147 e. The fourth-order valence-corrected chi connectivity index (χ4v) is 3.05. The maximum absolute atomic E-state index is 10.3. The van der Waals surface area contributed by atoms with Crippen molar-refractivity contribution in [1.29, 1.82) is 0 Å². The third-order valence-corrected chi connectivity index (χ3v) is 4.19. The van der Waals surface area contributed by atoms with E-state index in [4.69, 9.17) is 4.52 Å². The van der Waals surface area contributed by atoms with Gasteiger partial charge in [-0.3, -0.25) is 4.90 Å². The minimum Gasteiger partial charge on any atom is -0.391 e. The predicted molar refractivity (Wildman–Crippen MR) is 80.1 cm³/mol. The van der Waals surface area contributed by atoms with Crippen molar-refractivity contribution in [3.05, 3.63) is 29.7 Å². The summed E-state index contributed by atoms with van der Waals surface area (Å²) in [4.78, 5) is 2.22. The number of nitrogens with zero attached hydrogens (tertiary/aromatic N) is 5. The maximum atomic E-state index is 10.3. The molecule has 0 radical (unpaired) electrons. The van der Waals surface area contributed by atoms with E-state index in [0.29, 0.717) is 19.1 Å². The summed E-state index contributed by atoms with van der Waals surface area (Å²) in [6, 6.07) is 2.27. The fourth-order valence-electron chi connectivity index (χ4n) is 3.05. The van der Waals surface area contributed by atoms with Crippen LogP contribution in [0.4, 0.5) is 0 Å². The SMILES string of the molecule is Cc1cc(C[C@@H]2CN(Cc3nncn3C(C)C)C[C@@H]2O)on1. The summed E-state index contributed by atoms with van der Waals surface area (Å²) in [5.41, 5.74) is 0.879. The Hall–Kier alpha value is -1.73. The second kappa shape index (κ2) is 6.18. The average molecular weight is 305 g/mol. The van der Waals surface area contributed by atoms with E-state index in [9.17, 15) is 5.11 Å². The molecule has 3 rings (SSSR count). The van der Waals surface area contributed by atoms with E-state index >= 15 is 0 Å². The molecule has 1 fully saturated rings. The summed E-state index contributed by atoms with van der Waals surface area (Å²) in [7, 11) is 0. The molecule has 0 amide bonds. The van der Waals surface area contributed by atoms with Gasteiger partial charge < -0.3 is 14.2 Å². The lowest BCUT2D eigenvalue weighted by atomic mass is 10.0. The van der Waals surface area contributed by atoms with E-state index < -0.39 is 0 Å². The highest BCUT2D eigenvalue weighted by atomic mass is 16.5. The largest absolute Gasteiger partial charge is 0.391 e. The zero-order chi connectivity index (χ0) is 15.7. The first-order valence-corrected chi connectivity index (χ1v) is 7.74. The summed E-state index contributed by atoms with van der Waals surface area (Å²) >= 11 is 0. The van der Waals surface area contributed by atoms with Crippen LogP contribution >= 0.6 is 0 Å². The molecule has 22 heavy (non-hydrogen) atoms. The second-order valence-corrected chi connectivity index (χ2v) is 6.41. The lowest BCUT2D eigenvalue weighted by Crippen LogP contribution is -2.24. The summed E-state index contributed by atoms with van der Waals surface area (Å²) in [6.45, 7) is 8.32. The van der Waals surface area contributed by atoms with E-state index in [-0.39, 0.29) is 12.0 Å². The van der Waals surface area contributed by atoms with Gasteiger partial charge in [0.25, 0.3) is 0 Å². The number of aromatic nitrogens is 4. The van der Waals surface area contributed by atoms with Crippen LogP contribution in [0.2, 0.25) is 0 Å². The Balaban J connectivity index is 1.62. The first-order valence-electron chi connectivity index (χ1n) is 7.74. The molecule has 3 heterocycles. The van der Waals surface area contributed by atoms with Gasteiger partial charge in [0.2, 0.25) is 0 Å². The van der Waals surface area contributed by atoms with Gasteiger partial charge in [-0.05, 0) is 20.8 Å². The Labute approximate surface area is 129 Å². The molecule has 7 nitrogen and oxygen atoms in total. The van der Waals surface area contributed by atoms with Gasteiger partial charge in [-0.15, -0.1) is 10.2 Å². The zero-order valence-electron chi connectivity index (χ0n) is 13.3. The first kappa shape index (κ1) is 15.2.